The number of rotatable bonds is 9. The summed E-state index contributed by atoms with van der Waals surface area (Å²) in [4.78, 5) is 18.9. The van der Waals surface area contributed by atoms with Gasteiger partial charge in [0.2, 0.25) is 0 Å². The summed E-state index contributed by atoms with van der Waals surface area (Å²) in [5, 5.41) is 20.5. The van der Waals surface area contributed by atoms with E-state index in [1.807, 2.05) is 6.92 Å². The number of hydrogen-bond acceptors (Lipinski definition) is 6. The zero-order valence-corrected chi connectivity index (χ0v) is 18.9. The molecule has 174 valence electrons. The zero-order chi connectivity index (χ0) is 23.5. The first-order chi connectivity index (χ1) is 15.9. The third kappa shape index (κ3) is 4.80. The first-order valence-corrected chi connectivity index (χ1v) is 10.9. The molecule has 8 heteroatoms. The van der Waals surface area contributed by atoms with Crippen molar-refractivity contribution in [1.29, 1.82) is 0 Å². The Labute approximate surface area is 191 Å². The van der Waals surface area contributed by atoms with Crippen LogP contribution >= 0.6 is 0 Å². The van der Waals surface area contributed by atoms with Crippen LogP contribution in [-0.2, 0) is 4.74 Å². The van der Waals surface area contributed by atoms with E-state index in [0.29, 0.717) is 52.2 Å². The van der Waals surface area contributed by atoms with E-state index in [1.165, 1.54) is 18.6 Å². The number of nitrogens with zero attached hydrogens (tertiary/aromatic N) is 1. The molecule has 0 spiro atoms. The fraction of sp³-hybridized carbons (Fsp3) is 0.360. The molecule has 1 aromatic heterocycles. The van der Waals surface area contributed by atoms with Crippen LogP contribution in [-0.4, -0.2) is 47.0 Å². The van der Waals surface area contributed by atoms with Crippen LogP contribution in [0.2, 0.25) is 0 Å². The Morgan fingerprint density at radius 1 is 1.21 bits per heavy atom. The Hall–Kier alpha value is -3.52. The second kappa shape index (κ2) is 9.54. The maximum atomic E-state index is 11.3. The van der Waals surface area contributed by atoms with E-state index in [2.05, 4.69) is 9.97 Å². The van der Waals surface area contributed by atoms with Gasteiger partial charge in [-0.3, -0.25) is 0 Å². The molecule has 1 aliphatic rings. The van der Waals surface area contributed by atoms with E-state index >= 15 is 0 Å². The Bertz CT molecular complexity index is 1170. The number of fused-ring (bicyclic) bond motifs is 1. The van der Waals surface area contributed by atoms with Gasteiger partial charge in [-0.1, -0.05) is 6.42 Å². The van der Waals surface area contributed by atoms with Crippen molar-refractivity contribution in [3.8, 4) is 11.5 Å². The van der Waals surface area contributed by atoms with Crippen LogP contribution in [0.25, 0.3) is 17.1 Å². The van der Waals surface area contributed by atoms with Crippen molar-refractivity contribution >= 4 is 23.1 Å². The molecular formula is C25H28N2O6. The Balaban J connectivity index is 1.70. The molecule has 0 amide bonds. The number of carboxylic acids is 1. The fourth-order valence-electron chi connectivity index (χ4n) is 3.86. The average Bonchev–Trinajstić information content (AvgIpc) is 3.18. The third-order valence-electron chi connectivity index (χ3n) is 6.10. The van der Waals surface area contributed by atoms with Gasteiger partial charge in [-0.15, -0.1) is 0 Å². The SMILES string of the molecule is COc1cc(C(O)/C(=C/c2nc3cc(C(=O)O)ccc3[nH]2)OCC2CCC2)cc(OC)c1C. The summed E-state index contributed by atoms with van der Waals surface area (Å²) in [5.74, 6) is 1.46. The minimum Gasteiger partial charge on any atom is -0.496 e. The lowest BCUT2D eigenvalue weighted by Gasteiger charge is -2.27. The van der Waals surface area contributed by atoms with Crippen LogP contribution in [0.15, 0.2) is 36.1 Å². The lowest BCUT2D eigenvalue weighted by atomic mass is 9.86. The largest absolute Gasteiger partial charge is 0.496 e. The van der Waals surface area contributed by atoms with Gasteiger partial charge in [0.15, 0.2) is 0 Å². The van der Waals surface area contributed by atoms with E-state index in [4.69, 9.17) is 14.2 Å². The van der Waals surface area contributed by atoms with Crippen molar-refractivity contribution in [3.05, 3.63) is 58.6 Å². The lowest BCUT2D eigenvalue weighted by molar-refractivity contribution is 0.0670. The topological polar surface area (TPSA) is 114 Å². The molecule has 3 N–H and O–H groups in total. The van der Waals surface area contributed by atoms with Crippen LogP contribution in [0.3, 0.4) is 0 Å². The quantitative estimate of drug-likeness (QED) is 0.410. The maximum Gasteiger partial charge on any atom is 0.335 e. The number of carboxylic acid groups (broad SMARTS) is 1. The summed E-state index contributed by atoms with van der Waals surface area (Å²) in [6.45, 7) is 2.39. The van der Waals surface area contributed by atoms with E-state index < -0.39 is 12.1 Å². The summed E-state index contributed by atoms with van der Waals surface area (Å²) in [5.41, 5.74) is 2.78. The smallest absolute Gasteiger partial charge is 0.335 e. The second-order valence-corrected chi connectivity index (χ2v) is 8.27. The molecule has 3 aromatic rings. The first kappa shape index (κ1) is 22.7. The fourth-order valence-corrected chi connectivity index (χ4v) is 3.86. The van der Waals surface area contributed by atoms with E-state index in [0.717, 1.165) is 18.4 Å². The van der Waals surface area contributed by atoms with Gasteiger partial charge < -0.3 is 29.4 Å². The third-order valence-corrected chi connectivity index (χ3v) is 6.10. The Morgan fingerprint density at radius 2 is 1.91 bits per heavy atom. The summed E-state index contributed by atoms with van der Waals surface area (Å²) in [6.07, 6.45) is 3.99. The number of imidazole rings is 1. The van der Waals surface area contributed by atoms with Crippen LogP contribution in [0, 0.1) is 12.8 Å². The monoisotopic (exact) mass is 452 g/mol. The highest BCUT2D eigenvalue weighted by Crippen LogP contribution is 2.36. The number of hydrogen-bond donors (Lipinski definition) is 3. The summed E-state index contributed by atoms with van der Waals surface area (Å²) in [7, 11) is 3.14. The number of aromatic nitrogens is 2. The highest BCUT2D eigenvalue weighted by Gasteiger charge is 2.23. The minimum atomic E-state index is -1.07. The molecule has 4 rings (SSSR count). The molecular weight excluding hydrogens is 424 g/mol. The number of benzene rings is 2. The molecule has 1 aliphatic carbocycles. The van der Waals surface area contributed by atoms with Crippen LogP contribution in [0.4, 0.5) is 0 Å². The number of nitrogens with one attached hydrogen (secondary N) is 1. The highest BCUT2D eigenvalue weighted by atomic mass is 16.5. The number of aromatic carboxylic acids is 1. The summed E-state index contributed by atoms with van der Waals surface area (Å²) < 4.78 is 17.0. The van der Waals surface area contributed by atoms with Crippen molar-refractivity contribution < 1.29 is 29.2 Å². The molecule has 33 heavy (non-hydrogen) atoms. The maximum absolute atomic E-state index is 11.3. The number of methoxy groups -OCH3 is 2. The Kier molecular flexibility index (Phi) is 6.55. The van der Waals surface area contributed by atoms with Gasteiger partial charge in [-0.05, 0) is 61.6 Å². The number of aliphatic hydroxyl groups excluding tert-OH is 1. The standard InChI is InChI=1S/C25H28N2O6/c1-14-20(31-2)10-17(11-21(14)32-3)24(28)22(33-13-15-5-4-6-15)12-23-26-18-8-7-16(25(29)30)9-19(18)27-23/h7-12,15,24,28H,4-6,13H2,1-3H3,(H,26,27)(H,29,30)/b22-12-. The molecule has 8 nitrogen and oxygen atoms in total. The van der Waals surface area contributed by atoms with Crippen molar-refractivity contribution in [2.45, 2.75) is 32.3 Å². The molecule has 0 radical (unpaired) electrons. The van der Waals surface area contributed by atoms with Crippen LogP contribution < -0.4 is 9.47 Å². The molecule has 0 aliphatic heterocycles. The van der Waals surface area contributed by atoms with Crippen molar-refractivity contribution in [2.75, 3.05) is 20.8 Å². The van der Waals surface area contributed by atoms with Crippen molar-refractivity contribution in [3.63, 3.8) is 0 Å². The van der Waals surface area contributed by atoms with Gasteiger partial charge in [-0.2, -0.15) is 0 Å². The van der Waals surface area contributed by atoms with Crippen molar-refractivity contribution in [1.82, 2.24) is 9.97 Å². The molecule has 1 fully saturated rings. The lowest BCUT2D eigenvalue weighted by Crippen LogP contribution is -2.19. The normalized spacial score (nSPS) is 15.2. The molecule has 1 saturated carbocycles. The summed E-state index contributed by atoms with van der Waals surface area (Å²) >= 11 is 0. The number of ether oxygens (including phenoxy) is 3. The number of carbonyl (C=O) groups is 1. The molecule has 1 atom stereocenters. The van der Waals surface area contributed by atoms with Gasteiger partial charge >= 0.3 is 5.97 Å². The zero-order valence-electron chi connectivity index (χ0n) is 18.9. The van der Waals surface area contributed by atoms with Gasteiger partial charge in [0.05, 0.1) is 37.4 Å². The van der Waals surface area contributed by atoms with E-state index in [-0.39, 0.29) is 5.56 Å². The van der Waals surface area contributed by atoms with E-state index in [1.54, 1.807) is 38.5 Å². The van der Waals surface area contributed by atoms with Crippen molar-refractivity contribution in [2.24, 2.45) is 5.92 Å². The summed E-state index contributed by atoms with van der Waals surface area (Å²) in [6, 6.07) is 8.22. The van der Waals surface area contributed by atoms with Gasteiger partial charge in [0, 0.05) is 11.6 Å². The number of H-pyrrole nitrogens is 1. The molecule has 0 saturated heterocycles. The van der Waals surface area contributed by atoms with Gasteiger partial charge in [-0.25, -0.2) is 9.78 Å². The average molecular weight is 453 g/mol. The van der Waals surface area contributed by atoms with Crippen LogP contribution in [0.1, 0.15) is 52.7 Å². The first-order valence-electron chi connectivity index (χ1n) is 10.9. The van der Waals surface area contributed by atoms with Gasteiger partial charge in [0.1, 0.15) is 29.2 Å². The molecule has 1 unspecified atom stereocenters. The Morgan fingerprint density at radius 3 is 2.48 bits per heavy atom. The predicted octanol–water partition coefficient (Wildman–Crippen LogP) is 4.48. The molecule has 2 aromatic carbocycles. The molecule has 1 heterocycles. The number of aromatic amines is 1. The van der Waals surface area contributed by atoms with Crippen LogP contribution in [0.5, 0.6) is 11.5 Å². The van der Waals surface area contributed by atoms with E-state index in [9.17, 15) is 15.0 Å². The number of aliphatic hydroxyl groups is 1. The van der Waals surface area contributed by atoms with Gasteiger partial charge in [0.25, 0.3) is 0 Å². The predicted molar refractivity (Wildman–Crippen MR) is 124 cm³/mol. The molecule has 0 bridgehead atoms. The minimum absolute atomic E-state index is 0.157. The second-order valence-electron chi connectivity index (χ2n) is 8.27. The highest BCUT2D eigenvalue weighted by molar-refractivity contribution is 5.92.